The van der Waals surface area contributed by atoms with Gasteiger partial charge in [-0.05, 0) is 61.4 Å². The van der Waals surface area contributed by atoms with E-state index in [0.29, 0.717) is 30.3 Å². The monoisotopic (exact) mass is 747 g/mol. The molecule has 3 aromatic heterocycles. The van der Waals surface area contributed by atoms with Gasteiger partial charge in [-0.2, -0.15) is 0 Å². The average molecular weight is 748 g/mol. The van der Waals surface area contributed by atoms with Crippen LogP contribution < -0.4 is 10.6 Å². The van der Waals surface area contributed by atoms with Gasteiger partial charge in [-0.1, -0.05) is 50.2 Å². The molecule has 55 heavy (non-hydrogen) atoms. The Balaban J connectivity index is 1.06. The number of aromatic amines is 2. The predicted molar refractivity (Wildman–Crippen MR) is 203 cm³/mol. The van der Waals surface area contributed by atoms with E-state index < -0.39 is 24.3 Å². The number of hydrogen-bond donors (Lipinski definition) is 4. The fourth-order valence-electron chi connectivity index (χ4n) is 7.51. The molecule has 5 heterocycles. The van der Waals surface area contributed by atoms with Crippen molar-refractivity contribution in [1.29, 1.82) is 0 Å². The fourth-order valence-corrected chi connectivity index (χ4v) is 7.51. The number of ether oxygens (including phenoxy) is 2. The molecule has 0 spiro atoms. The highest BCUT2D eigenvalue weighted by molar-refractivity contribution is 5.88. The molecule has 2 aliphatic rings. The minimum Gasteiger partial charge on any atom is -0.453 e. The van der Waals surface area contributed by atoms with E-state index in [0.717, 1.165) is 59.2 Å². The Morgan fingerprint density at radius 1 is 0.764 bits per heavy atom. The number of benzene rings is 2. The van der Waals surface area contributed by atoms with Crippen LogP contribution in [-0.4, -0.2) is 92.1 Å². The van der Waals surface area contributed by atoms with Gasteiger partial charge < -0.3 is 39.9 Å². The summed E-state index contributed by atoms with van der Waals surface area (Å²) in [6.45, 7) is 4.89. The standard InChI is InChI=1S/C40H45N9O6/c1-23(2)33(46-39(52)54-3)37(50)48-18-8-12-31(48)35-42-22-30(45-35)26-15-16-27(41-21-26)25-14-17-28-29(20-25)44-36(43-28)32-13-9-19-49(32)38(51)34(47-40(53)55-4)24-10-6-5-7-11-24/h5-7,10-11,14-17,20-23,31-34H,8-9,12-13,18-19H2,1-4H3,(H,42,45)(H,43,44)(H,46,52)(H,47,53)/t31-,32-,33-,34+/m0/s1. The lowest BCUT2D eigenvalue weighted by molar-refractivity contribution is -0.135. The van der Waals surface area contributed by atoms with E-state index in [1.54, 1.807) is 22.2 Å². The number of carbonyl (C=O) groups excluding carboxylic acids is 4. The Labute approximate surface area is 318 Å². The Kier molecular flexibility index (Phi) is 10.8. The van der Waals surface area contributed by atoms with Gasteiger partial charge in [-0.3, -0.25) is 14.6 Å². The number of amides is 4. The first-order valence-electron chi connectivity index (χ1n) is 18.5. The lowest BCUT2D eigenvalue weighted by atomic mass is 10.0. The number of imidazole rings is 2. The summed E-state index contributed by atoms with van der Waals surface area (Å²) in [4.78, 5) is 76.3. The molecule has 0 saturated carbocycles. The minimum absolute atomic E-state index is 0.120. The van der Waals surface area contributed by atoms with Crippen LogP contribution in [0.15, 0.2) is 73.1 Å². The van der Waals surface area contributed by atoms with E-state index >= 15 is 0 Å². The number of rotatable bonds is 10. The molecule has 0 radical (unpaired) electrons. The maximum absolute atomic E-state index is 13.9. The van der Waals surface area contributed by atoms with Gasteiger partial charge in [0.05, 0.1) is 54.9 Å². The summed E-state index contributed by atoms with van der Waals surface area (Å²) in [5.74, 6) is 0.861. The van der Waals surface area contributed by atoms with Gasteiger partial charge in [0, 0.05) is 30.4 Å². The number of hydrogen-bond acceptors (Lipinski definition) is 9. The summed E-state index contributed by atoms with van der Waals surface area (Å²) < 4.78 is 9.57. The first-order chi connectivity index (χ1) is 26.6. The summed E-state index contributed by atoms with van der Waals surface area (Å²) in [6, 6.07) is 16.8. The molecule has 5 aromatic rings. The number of fused-ring (bicyclic) bond motifs is 1. The highest BCUT2D eigenvalue weighted by Gasteiger charge is 2.39. The molecule has 0 aliphatic carbocycles. The third kappa shape index (κ3) is 7.72. The number of aromatic nitrogens is 5. The van der Waals surface area contributed by atoms with Crippen molar-refractivity contribution in [2.45, 2.75) is 63.7 Å². The molecule has 15 heteroatoms. The SMILES string of the molecule is COC(=O)N[C@H](C(=O)N1CCC[C@H]1c1ncc(-c2ccc(-c3ccc4nc([C@@H]5CCCN5C(=O)[C@H](NC(=O)OC)c5ccccc5)[nH]c4c3)nc2)[nH]1)C(C)C. The quantitative estimate of drug-likeness (QED) is 0.137. The highest BCUT2D eigenvalue weighted by Crippen LogP contribution is 2.36. The van der Waals surface area contributed by atoms with Crippen molar-refractivity contribution in [3.05, 3.63) is 90.3 Å². The van der Waals surface area contributed by atoms with E-state index in [-0.39, 0.29) is 29.8 Å². The molecule has 286 valence electrons. The van der Waals surface area contributed by atoms with Gasteiger partial charge in [-0.25, -0.2) is 19.6 Å². The average Bonchev–Trinajstić information content (AvgIpc) is 4.04. The van der Waals surface area contributed by atoms with Crippen molar-refractivity contribution in [2.75, 3.05) is 27.3 Å². The van der Waals surface area contributed by atoms with Crippen molar-refractivity contribution in [2.24, 2.45) is 5.92 Å². The van der Waals surface area contributed by atoms with Crippen LogP contribution in [0, 0.1) is 5.92 Å². The Morgan fingerprint density at radius 2 is 1.44 bits per heavy atom. The van der Waals surface area contributed by atoms with Crippen LogP contribution in [-0.2, 0) is 19.1 Å². The molecule has 7 rings (SSSR count). The predicted octanol–water partition coefficient (Wildman–Crippen LogP) is 5.82. The van der Waals surface area contributed by atoms with Crippen molar-refractivity contribution in [3.63, 3.8) is 0 Å². The zero-order chi connectivity index (χ0) is 38.6. The smallest absolute Gasteiger partial charge is 0.407 e. The summed E-state index contributed by atoms with van der Waals surface area (Å²) in [7, 11) is 2.56. The Hall–Kier alpha value is -6.25. The van der Waals surface area contributed by atoms with Crippen molar-refractivity contribution < 1.29 is 28.7 Å². The zero-order valence-electron chi connectivity index (χ0n) is 31.2. The lowest BCUT2D eigenvalue weighted by Crippen LogP contribution is -2.51. The van der Waals surface area contributed by atoms with Crippen LogP contribution in [0.3, 0.4) is 0 Å². The third-order valence-electron chi connectivity index (χ3n) is 10.4. The third-order valence-corrected chi connectivity index (χ3v) is 10.4. The zero-order valence-corrected chi connectivity index (χ0v) is 31.2. The van der Waals surface area contributed by atoms with E-state index in [2.05, 4.69) is 25.6 Å². The van der Waals surface area contributed by atoms with Gasteiger partial charge in [0.2, 0.25) is 5.91 Å². The van der Waals surface area contributed by atoms with E-state index in [9.17, 15) is 19.2 Å². The summed E-state index contributed by atoms with van der Waals surface area (Å²) in [5.41, 5.74) is 5.55. The highest BCUT2D eigenvalue weighted by atomic mass is 16.5. The van der Waals surface area contributed by atoms with Crippen LogP contribution in [0.1, 0.15) is 74.9 Å². The number of nitrogens with zero attached hydrogens (tertiary/aromatic N) is 5. The molecule has 4 amide bonds. The van der Waals surface area contributed by atoms with E-state index in [1.165, 1.54) is 14.2 Å². The summed E-state index contributed by atoms with van der Waals surface area (Å²) >= 11 is 0. The fraction of sp³-hybridized carbons (Fsp3) is 0.375. The number of alkyl carbamates (subject to hydrolysis) is 2. The van der Waals surface area contributed by atoms with Crippen molar-refractivity contribution >= 4 is 35.0 Å². The number of likely N-dealkylation sites (tertiary alicyclic amines) is 2. The second-order valence-electron chi connectivity index (χ2n) is 14.2. The molecular weight excluding hydrogens is 702 g/mol. The van der Waals surface area contributed by atoms with Crippen molar-refractivity contribution in [1.82, 2.24) is 45.4 Å². The molecule has 0 bridgehead atoms. The largest absolute Gasteiger partial charge is 0.453 e. The molecule has 2 saturated heterocycles. The Bertz CT molecular complexity index is 2170. The molecule has 15 nitrogen and oxygen atoms in total. The summed E-state index contributed by atoms with van der Waals surface area (Å²) in [6.07, 6.45) is 5.34. The van der Waals surface area contributed by atoms with Crippen molar-refractivity contribution in [3.8, 4) is 22.5 Å². The summed E-state index contributed by atoms with van der Waals surface area (Å²) in [5, 5.41) is 5.39. The molecule has 2 aromatic carbocycles. The van der Waals surface area contributed by atoms with Gasteiger partial charge in [-0.15, -0.1) is 0 Å². The second-order valence-corrected chi connectivity index (χ2v) is 14.2. The lowest BCUT2D eigenvalue weighted by Gasteiger charge is -2.30. The number of pyridine rings is 1. The maximum Gasteiger partial charge on any atom is 0.407 e. The molecular formula is C40H45N9O6. The topological polar surface area (TPSA) is 188 Å². The van der Waals surface area contributed by atoms with Crippen LogP contribution in [0.5, 0.6) is 0 Å². The van der Waals surface area contributed by atoms with Crippen LogP contribution in [0.2, 0.25) is 0 Å². The van der Waals surface area contributed by atoms with Gasteiger partial charge in [0.15, 0.2) is 0 Å². The van der Waals surface area contributed by atoms with Crippen LogP contribution in [0.4, 0.5) is 9.59 Å². The Morgan fingerprint density at radius 3 is 2.11 bits per heavy atom. The number of carbonyl (C=O) groups is 4. The van der Waals surface area contributed by atoms with E-state index in [1.807, 2.05) is 74.5 Å². The molecule has 4 N–H and O–H groups in total. The maximum atomic E-state index is 13.9. The van der Waals surface area contributed by atoms with Gasteiger partial charge >= 0.3 is 12.2 Å². The first-order valence-corrected chi connectivity index (χ1v) is 18.5. The first kappa shape index (κ1) is 37.1. The molecule has 0 unspecified atom stereocenters. The minimum atomic E-state index is -0.895. The molecule has 2 aliphatic heterocycles. The number of methoxy groups -OCH3 is 2. The van der Waals surface area contributed by atoms with E-state index in [4.69, 9.17) is 19.4 Å². The molecule has 2 fully saturated rings. The van der Waals surface area contributed by atoms with Gasteiger partial charge in [0.25, 0.3) is 5.91 Å². The number of nitrogens with one attached hydrogen (secondary N) is 4. The van der Waals surface area contributed by atoms with Crippen LogP contribution >= 0.6 is 0 Å². The normalized spacial score (nSPS) is 18.0. The van der Waals surface area contributed by atoms with Gasteiger partial charge in [0.1, 0.15) is 23.7 Å². The number of H-pyrrole nitrogens is 2. The van der Waals surface area contributed by atoms with Crippen LogP contribution in [0.25, 0.3) is 33.5 Å². The second kappa shape index (κ2) is 16.0. The molecule has 4 atom stereocenters.